The molecule has 0 fully saturated rings. The maximum atomic E-state index is 11.8. The van der Waals surface area contributed by atoms with E-state index in [0.29, 0.717) is 5.69 Å². The van der Waals surface area contributed by atoms with Gasteiger partial charge in [-0.05, 0) is 24.6 Å². The number of hydrogen-bond donors (Lipinski definition) is 2. The number of carbonyl (C=O) groups excluding carboxylic acids is 1. The van der Waals surface area contributed by atoms with Gasteiger partial charge in [0, 0.05) is 12.3 Å². The number of amides is 1. The summed E-state index contributed by atoms with van der Waals surface area (Å²) in [6.45, 7) is 1.86. The Hall–Kier alpha value is -2.50. The minimum atomic E-state index is -0.391. The fourth-order valence-corrected chi connectivity index (χ4v) is 1.25. The first-order chi connectivity index (χ1) is 8.16. The van der Waals surface area contributed by atoms with Crippen LogP contribution in [0.15, 0.2) is 35.4 Å². The molecule has 6 nitrogen and oxygen atoms in total. The van der Waals surface area contributed by atoms with E-state index in [4.69, 9.17) is 0 Å². The lowest BCUT2D eigenvalue weighted by Gasteiger charge is -2.06. The second kappa shape index (κ2) is 4.56. The van der Waals surface area contributed by atoms with E-state index in [1.165, 1.54) is 12.1 Å². The van der Waals surface area contributed by atoms with Crippen LogP contribution in [0, 0.1) is 6.92 Å². The van der Waals surface area contributed by atoms with Crippen molar-refractivity contribution in [3.63, 3.8) is 0 Å². The number of pyridine rings is 1. The Kier molecular flexibility index (Phi) is 2.95. The summed E-state index contributed by atoms with van der Waals surface area (Å²) in [7, 11) is 0. The molecule has 0 saturated heterocycles. The minimum absolute atomic E-state index is 0.146. The molecule has 0 unspecified atom stereocenters. The molecule has 2 aromatic heterocycles. The lowest BCUT2D eigenvalue weighted by Crippen LogP contribution is -2.18. The third-order valence-corrected chi connectivity index (χ3v) is 2.20. The number of aromatic amines is 1. The fraction of sp³-hybridized carbons (Fsp3) is 0.0909. The minimum Gasteiger partial charge on any atom is -0.319 e. The van der Waals surface area contributed by atoms with Crippen LogP contribution in [0.3, 0.4) is 0 Å². The van der Waals surface area contributed by atoms with Crippen LogP contribution in [-0.2, 0) is 0 Å². The van der Waals surface area contributed by atoms with Crippen molar-refractivity contribution in [2.45, 2.75) is 6.92 Å². The van der Waals surface area contributed by atoms with Crippen molar-refractivity contribution in [2.24, 2.45) is 0 Å². The molecule has 6 heteroatoms. The van der Waals surface area contributed by atoms with Gasteiger partial charge in [-0.25, -0.2) is 5.10 Å². The van der Waals surface area contributed by atoms with Crippen LogP contribution in [0.5, 0.6) is 0 Å². The van der Waals surface area contributed by atoms with Crippen molar-refractivity contribution in [2.75, 3.05) is 5.32 Å². The van der Waals surface area contributed by atoms with Gasteiger partial charge in [0.25, 0.3) is 11.5 Å². The van der Waals surface area contributed by atoms with Crippen LogP contribution >= 0.6 is 0 Å². The SMILES string of the molecule is Cc1ccncc1NC(=O)c1ccc(=O)[nH]n1. The average Bonchev–Trinajstić information content (AvgIpc) is 2.33. The summed E-state index contributed by atoms with van der Waals surface area (Å²) in [5.41, 5.74) is 1.32. The number of nitrogens with zero attached hydrogens (tertiary/aromatic N) is 2. The van der Waals surface area contributed by atoms with E-state index < -0.39 is 5.91 Å². The quantitative estimate of drug-likeness (QED) is 0.795. The Morgan fingerprint density at radius 2 is 2.18 bits per heavy atom. The van der Waals surface area contributed by atoms with Gasteiger partial charge in [-0.1, -0.05) is 0 Å². The number of aromatic nitrogens is 3. The number of H-pyrrole nitrogens is 1. The number of hydrogen-bond acceptors (Lipinski definition) is 4. The van der Waals surface area contributed by atoms with Gasteiger partial charge in [-0.2, -0.15) is 5.10 Å². The molecule has 17 heavy (non-hydrogen) atoms. The summed E-state index contributed by atoms with van der Waals surface area (Å²) in [6.07, 6.45) is 3.20. The highest BCUT2D eigenvalue weighted by molar-refractivity contribution is 6.02. The van der Waals surface area contributed by atoms with Gasteiger partial charge in [-0.3, -0.25) is 14.6 Å². The molecule has 86 valence electrons. The van der Waals surface area contributed by atoms with Crippen molar-refractivity contribution in [1.29, 1.82) is 0 Å². The number of rotatable bonds is 2. The summed E-state index contributed by atoms with van der Waals surface area (Å²) in [6, 6.07) is 4.40. The third kappa shape index (κ3) is 2.54. The Bertz CT molecular complexity index is 586. The zero-order valence-electron chi connectivity index (χ0n) is 9.10. The maximum Gasteiger partial charge on any atom is 0.276 e. The van der Waals surface area contributed by atoms with Crippen LogP contribution in [0.4, 0.5) is 5.69 Å². The Balaban J connectivity index is 2.20. The van der Waals surface area contributed by atoms with E-state index in [-0.39, 0.29) is 11.3 Å². The molecule has 2 N–H and O–H groups in total. The van der Waals surface area contributed by atoms with Gasteiger partial charge in [0.2, 0.25) is 0 Å². The van der Waals surface area contributed by atoms with Crippen molar-refractivity contribution < 1.29 is 4.79 Å². The molecular formula is C11H10N4O2. The van der Waals surface area contributed by atoms with Gasteiger partial charge in [0.1, 0.15) is 5.69 Å². The second-order valence-corrected chi connectivity index (χ2v) is 3.45. The standard InChI is InChI=1S/C11H10N4O2/c1-7-4-5-12-6-9(7)13-11(17)8-2-3-10(16)15-14-8/h2-6H,1H3,(H,13,17)(H,15,16). The zero-order chi connectivity index (χ0) is 12.3. The van der Waals surface area contributed by atoms with Crippen molar-refractivity contribution >= 4 is 11.6 Å². The molecule has 2 rings (SSSR count). The predicted molar refractivity (Wildman–Crippen MR) is 61.8 cm³/mol. The average molecular weight is 230 g/mol. The Morgan fingerprint density at radius 3 is 2.82 bits per heavy atom. The molecule has 1 amide bonds. The molecule has 0 aliphatic heterocycles. The van der Waals surface area contributed by atoms with Crippen molar-refractivity contribution in [3.8, 4) is 0 Å². The van der Waals surface area contributed by atoms with Crippen LogP contribution in [0.2, 0.25) is 0 Å². The van der Waals surface area contributed by atoms with Crippen molar-refractivity contribution in [1.82, 2.24) is 15.2 Å². The van der Waals surface area contributed by atoms with Gasteiger partial charge < -0.3 is 5.32 Å². The smallest absolute Gasteiger partial charge is 0.276 e. The van der Waals surface area contributed by atoms with Crippen LogP contribution in [0.25, 0.3) is 0 Å². The number of nitrogens with one attached hydrogen (secondary N) is 2. The molecule has 0 bridgehead atoms. The van der Waals surface area contributed by atoms with Gasteiger partial charge in [0.15, 0.2) is 0 Å². The molecule has 2 aromatic rings. The topological polar surface area (TPSA) is 87.7 Å². The molecule has 0 atom stereocenters. The predicted octanol–water partition coefficient (Wildman–Crippen LogP) is 0.726. The first kappa shape index (κ1) is 11.0. The first-order valence-electron chi connectivity index (χ1n) is 4.94. The number of carbonyl (C=O) groups is 1. The van der Waals surface area contributed by atoms with Gasteiger partial charge in [-0.15, -0.1) is 0 Å². The van der Waals surface area contributed by atoms with E-state index in [0.717, 1.165) is 5.56 Å². The normalized spacial score (nSPS) is 9.94. The van der Waals surface area contributed by atoms with Gasteiger partial charge >= 0.3 is 0 Å². The summed E-state index contributed by atoms with van der Waals surface area (Å²) in [4.78, 5) is 26.5. The molecule has 0 aliphatic carbocycles. The van der Waals surface area contributed by atoms with E-state index in [1.54, 1.807) is 18.5 Å². The molecule has 0 aliphatic rings. The molecule has 0 spiro atoms. The van der Waals surface area contributed by atoms with Crippen molar-refractivity contribution in [3.05, 3.63) is 52.2 Å². The molecule has 0 aromatic carbocycles. The van der Waals surface area contributed by atoms with Gasteiger partial charge in [0.05, 0.1) is 11.9 Å². The maximum absolute atomic E-state index is 11.8. The highest BCUT2D eigenvalue weighted by atomic mass is 16.2. The largest absolute Gasteiger partial charge is 0.319 e. The number of anilines is 1. The lowest BCUT2D eigenvalue weighted by atomic mass is 10.2. The first-order valence-corrected chi connectivity index (χ1v) is 4.94. The van der Waals surface area contributed by atoms with E-state index in [9.17, 15) is 9.59 Å². The second-order valence-electron chi connectivity index (χ2n) is 3.45. The number of aryl methyl sites for hydroxylation is 1. The molecule has 2 heterocycles. The summed E-state index contributed by atoms with van der Waals surface area (Å²) < 4.78 is 0. The van der Waals surface area contributed by atoms with E-state index >= 15 is 0 Å². The van der Waals surface area contributed by atoms with Crippen LogP contribution in [0.1, 0.15) is 16.1 Å². The summed E-state index contributed by atoms with van der Waals surface area (Å²) >= 11 is 0. The van der Waals surface area contributed by atoms with E-state index in [1.807, 2.05) is 6.92 Å². The Morgan fingerprint density at radius 1 is 1.35 bits per heavy atom. The molecule has 0 saturated carbocycles. The highest BCUT2D eigenvalue weighted by Crippen LogP contribution is 2.11. The highest BCUT2D eigenvalue weighted by Gasteiger charge is 2.08. The summed E-state index contributed by atoms with van der Waals surface area (Å²) in [5.74, 6) is -0.391. The molecule has 0 radical (unpaired) electrons. The monoisotopic (exact) mass is 230 g/mol. The Labute approximate surface area is 96.7 Å². The van der Waals surface area contributed by atoms with Crippen LogP contribution < -0.4 is 10.9 Å². The van der Waals surface area contributed by atoms with E-state index in [2.05, 4.69) is 20.5 Å². The molecular weight excluding hydrogens is 220 g/mol. The van der Waals surface area contributed by atoms with Crippen LogP contribution in [-0.4, -0.2) is 21.1 Å². The lowest BCUT2D eigenvalue weighted by molar-refractivity contribution is 0.102. The fourth-order valence-electron chi connectivity index (χ4n) is 1.25. The zero-order valence-corrected chi connectivity index (χ0v) is 9.10. The summed E-state index contributed by atoms with van der Waals surface area (Å²) in [5, 5.41) is 8.49. The third-order valence-electron chi connectivity index (χ3n) is 2.20.